The zero-order valence-electron chi connectivity index (χ0n) is 15.9. The molecule has 10 heteroatoms. The smallest absolute Gasteiger partial charge is 0.243 e. The maximum atomic E-state index is 12.7. The van der Waals surface area contributed by atoms with Crippen LogP contribution in [0.4, 0.5) is 5.69 Å². The van der Waals surface area contributed by atoms with Gasteiger partial charge in [0.2, 0.25) is 15.9 Å². The van der Waals surface area contributed by atoms with Gasteiger partial charge >= 0.3 is 0 Å². The highest BCUT2D eigenvalue weighted by Gasteiger charge is 2.28. The number of hydrogen-bond donors (Lipinski definition) is 1. The van der Waals surface area contributed by atoms with Crippen LogP contribution in [-0.2, 0) is 25.6 Å². The molecule has 2 fully saturated rings. The number of amides is 1. The first-order chi connectivity index (χ1) is 13.3. The lowest BCUT2D eigenvalue weighted by molar-refractivity contribution is -0.116. The zero-order valence-corrected chi connectivity index (χ0v) is 18.3. The highest BCUT2D eigenvalue weighted by Crippen LogP contribution is 2.28. The van der Waals surface area contributed by atoms with Crippen LogP contribution < -0.4 is 5.32 Å². The van der Waals surface area contributed by atoms with Crippen molar-refractivity contribution in [3.63, 3.8) is 0 Å². The number of anilines is 1. The number of halogens is 1. The van der Waals surface area contributed by atoms with Crippen LogP contribution in [0.1, 0.15) is 26.2 Å². The van der Waals surface area contributed by atoms with Crippen molar-refractivity contribution in [1.82, 2.24) is 9.21 Å². The maximum Gasteiger partial charge on any atom is 0.243 e. The van der Waals surface area contributed by atoms with Crippen LogP contribution in [0.2, 0.25) is 5.02 Å². The predicted molar refractivity (Wildman–Crippen MR) is 112 cm³/mol. The van der Waals surface area contributed by atoms with Crippen molar-refractivity contribution in [2.24, 2.45) is 0 Å². The zero-order chi connectivity index (χ0) is 20.3. The molecule has 2 aliphatic heterocycles. The monoisotopic (exact) mass is 447 g/mol. The molecule has 0 saturated carbocycles. The summed E-state index contributed by atoms with van der Waals surface area (Å²) in [5.41, 5.74) is 0.305. The van der Waals surface area contributed by atoms with E-state index in [1.165, 1.54) is 22.5 Å². The van der Waals surface area contributed by atoms with E-state index in [-0.39, 0.29) is 23.3 Å². The standard InChI is InChI=1S/C18H26ClN3O4S2/c1-14-13-27(24)11-10-21(14)9-6-18(23)20-17-12-15(4-5-16(17)19)28(25,26)22-7-2-3-8-22/h4-5,12,14H,2-3,6-11,13H2,1H3,(H,20,23)/t14-,27-/m1/s1. The predicted octanol–water partition coefficient (Wildman–Crippen LogP) is 1.91. The molecule has 0 bridgehead atoms. The van der Waals surface area contributed by atoms with E-state index in [1.807, 2.05) is 6.92 Å². The van der Waals surface area contributed by atoms with Crippen LogP contribution in [0.5, 0.6) is 0 Å². The number of rotatable bonds is 6. The first-order valence-electron chi connectivity index (χ1n) is 9.46. The molecule has 0 radical (unpaired) electrons. The SMILES string of the molecule is C[C@@H]1C[S@](=O)CCN1CCC(=O)Nc1cc(S(=O)(=O)N2CCCC2)ccc1Cl. The van der Waals surface area contributed by atoms with Crippen LogP contribution in [-0.4, -0.2) is 71.5 Å². The summed E-state index contributed by atoms with van der Waals surface area (Å²) in [6.45, 7) is 4.33. The lowest BCUT2D eigenvalue weighted by atomic mass is 10.2. The molecular formula is C18H26ClN3O4S2. The molecule has 0 spiro atoms. The summed E-state index contributed by atoms with van der Waals surface area (Å²) in [6, 6.07) is 4.59. The van der Waals surface area contributed by atoms with Gasteiger partial charge in [-0.25, -0.2) is 8.42 Å². The van der Waals surface area contributed by atoms with Gasteiger partial charge in [0, 0.05) is 60.9 Å². The Hall–Kier alpha value is -1.00. The molecule has 2 saturated heterocycles. The highest BCUT2D eigenvalue weighted by atomic mass is 35.5. The van der Waals surface area contributed by atoms with Crippen LogP contribution >= 0.6 is 11.6 Å². The van der Waals surface area contributed by atoms with Crippen molar-refractivity contribution in [2.75, 3.05) is 43.0 Å². The topological polar surface area (TPSA) is 86.8 Å². The molecule has 156 valence electrons. The number of carbonyl (C=O) groups excluding carboxylic acids is 1. The highest BCUT2D eigenvalue weighted by molar-refractivity contribution is 7.89. The summed E-state index contributed by atoms with van der Waals surface area (Å²) in [5, 5.41) is 3.04. The Morgan fingerprint density at radius 1 is 1.29 bits per heavy atom. The third-order valence-electron chi connectivity index (χ3n) is 5.20. The Bertz CT molecular complexity index is 856. The lowest BCUT2D eigenvalue weighted by Gasteiger charge is -2.32. The van der Waals surface area contributed by atoms with E-state index in [1.54, 1.807) is 0 Å². The van der Waals surface area contributed by atoms with Crippen LogP contribution in [0, 0.1) is 0 Å². The Morgan fingerprint density at radius 3 is 2.68 bits per heavy atom. The molecule has 1 amide bonds. The van der Waals surface area contributed by atoms with Gasteiger partial charge in [-0.2, -0.15) is 4.31 Å². The fourth-order valence-electron chi connectivity index (χ4n) is 3.53. The van der Waals surface area contributed by atoms with Crippen molar-refractivity contribution in [3.8, 4) is 0 Å². The van der Waals surface area contributed by atoms with Gasteiger partial charge in [-0.1, -0.05) is 11.6 Å². The average Bonchev–Trinajstić information content (AvgIpc) is 3.18. The Balaban J connectivity index is 1.63. The van der Waals surface area contributed by atoms with Gasteiger partial charge in [-0.3, -0.25) is 13.9 Å². The molecule has 1 aromatic rings. The minimum absolute atomic E-state index is 0.140. The van der Waals surface area contributed by atoms with Gasteiger partial charge in [0.15, 0.2) is 0 Å². The molecule has 1 aromatic carbocycles. The van der Waals surface area contributed by atoms with Crippen molar-refractivity contribution in [1.29, 1.82) is 0 Å². The van der Waals surface area contributed by atoms with Crippen molar-refractivity contribution < 1.29 is 17.4 Å². The molecule has 0 unspecified atom stereocenters. The molecule has 0 aromatic heterocycles. The van der Waals surface area contributed by atoms with E-state index in [2.05, 4.69) is 10.2 Å². The minimum Gasteiger partial charge on any atom is -0.325 e. The van der Waals surface area contributed by atoms with Gasteiger partial charge in [0.05, 0.1) is 15.6 Å². The Labute approximate surface area is 173 Å². The first-order valence-corrected chi connectivity index (χ1v) is 12.8. The van der Waals surface area contributed by atoms with Crippen LogP contribution in [0.3, 0.4) is 0 Å². The molecule has 2 heterocycles. The molecule has 2 atom stereocenters. The number of nitrogens with zero attached hydrogens (tertiary/aromatic N) is 2. The largest absolute Gasteiger partial charge is 0.325 e. The molecule has 2 aliphatic rings. The summed E-state index contributed by atoms with van der Waals surface area (Å²) >= 11 is 6.17. The molecule has 0 aliphatic carbocycles. The fraction of sp³-hybridized carbons (Fsp3) is 0.611. The van der Waals surface area contributed by atoms with Crippen LogP contribution in [0.25, 0.3) is 0 Å². The number of benzene rings is 1. The van der Waals surface area contributed by atoms with Gasteiger partial charge < -0.3 is 5.32 Å². The van der Waals surface area contributed by atoms with Crippen molar-refractivity contribution >= 4 is 44.0 Å². The quantitative estimate of drug-likeness (QED) is 0.719. The van der Waals surface area contributed by atoms with Crippen molar-refractivity contribution in [3.05, 3.63) is 23.2 Å². The fourth-order valence-corrected chi connectivity index (χ4v) is 6.59. The van der Waals surface area contributed by atoms with Crippen LogP contribution in [0.15, 0.2) is 23.1 Å². The summed E-state index contributed by atoms with van der Waals surface area (Å²) in [5.74, 6) is 1.04. The van der Waals surface area contributed by atoms with E-state index < -0.39 is 20.8 Å². The van der Waals surface area contributed by atoms with Crippen molar-refractivity contribution in [2.45, 2.75) is 37.1 Å². The summed E-state index contributed by atoms with van der Waals surface area (Å²) in [7, 11) is -4.34. The second-order valence-corrected chi connectivity index (χ2v) is 11.2. The minimum atomic E-state index is -3.57. The second-order valence-electron chi connectivity index (χ2n) is 7.25. The molecule has 3 rings (SSSR count). The molecule has 28 heavy (non-hydrogen) atoms. The molecular weight excluding hydrogens is 422 g/mol. The van der Waals surface area contributed by atoms with Gasteiger partial charge in [-0.05, 0) is 38.0 Å². The third-order valence-corrected chi connectivity index (χ3v) is 8.91. The maximum absolute atomic E-state index is 12.7. The normalized spacial score (nSPS) is 24.4. The number of sulfonamides is 1. The second kappa shape index (κ2) is 9.21. The number of nitrogens with one attached hydrogen (secondary N) is 1. The molecule has 7 nitrogen and oxygen atoms in total. The number of hydrogen-bond acceptors (Lipinski definition) is 5. The lowest BCUT2D eigenvalue weighted by Crippen LogP contribution is -2.45. The first kappa shape index (κ1) is 21.7. The number of carbonyl (C=O) groups is 1. The van der Waals surface area contributed by atoms with Gasteiger partial charge in [-0.15, -0.1) is 0 Å². The summed E-state index contributed by atoms with van der Waals surface area (Å²) in [4.78, 5) is 14.7. The van der Waals surface area contributed by atoms with E-state index in [9.17, 15) is 17.4 Å². The van der Waals surface area contributed by atoms with Gasteiger partial charge in [0.1, 0.15) is 0 Å². The summed E-state index contributed by atoms with van der Waals surface area (Å²) < 4.78 is 38.5. The molecule has 1 N–H and O–H groups in total. The Morgan fingerprint density at radius 2 is 2.00 bits per heavy atom. The summed E-state index contributed by atoms with van der Waals surface area (Å²) in [6.07, 6.45) is 1.98. The Kier molecular flexibility index (Phi) is 7.14. The van der Waals surface area contributed by atoms with Gasteiger partial charge in [0.25, 0.3) is 0 Å². The van der Waals surface area contributed by atoms with E-state index in [4.69, 9.17) is 11.6 Å². The van der Waals surface area contributed by atoms with E-state index in [0.717, 1.165) is 12.8 Å². The third kappa shape index (κ3) is 5.13. The van der Waals surface area contributed by atoms with E-state index >= 15 is 0 Å². The van der Waals surface area contributed by atoms with E-state index in [0.29, 0.717) is 48.4 Å². The average molecular weight is 448 g/mol.